The molecule has 16 nitrogen and oxygen atoms in total. The normalized spacial score (nSPS) is 11.5. The number of hydrogen-bond acceptors (Lipinski definition) is 14. The van der Waals surface area contributed by atoms with Gasteiger partial charge in [0.1, 0.15) is 5.60 Å². The Hall–Kier alpha value is -1.66. The molecule has 0 fully saturated rings. The lowest BCUT2D eigenvalue weighted by molar-refractivity contribution is -0.156. The van der Waals surface area contributed by atoms with Crippen LogP contribution in [0.4, 0.5) is 0 Å². The minimum Gasteiger partial charge on any atom is -0.460 e. The van der Waals surface area contributed by atoms with Crippen molar-refractivity contribution in [2.45, 2.75) is 32.8 Å². The van der Waals surface area contributed by atoms with Crippen molar-refractivity contribution >= 4 is 5.97 Å². The molecule has 0 aromatic carbocycles. The molecule has 0 heterocycles. The molecule has 45 heavy (non-hydrogen) atoms. The van der Waals surface area contributed by atoms with E-state index < -0.39 is 5.60 Å². The molecule has 0 amide bonds. The Kier molecular flexibility index (Phi) is 33.9. The van der Waals surface area contributed by atoms with Crippen molar-refractivity contribution in [1.82, 2.24) is 0 Å². The third kappa shape index (κ3) is 40.3. The molecule has 0 saturated carbocycles. The molecule has 0 unspecified atom stereocenters. The number of rotatable bonds is 36. The molecule has 266 valence electrons. The summed E-state index contributed by atoms with van der Waals surface area (Å²) >= 11 is 0. The fourth-order valence-electron chi connectivity index (χ4n) is 3.00. The Labute approximate surface area is 268 Å². The first-order valence-electron chi connectivity index (χ1n) is 15.5. The molecule has 0 radical (unpaired) electrons. The fraction of sp³-hybridized carbons (Fsp3) is 0.966. The van der Waals surface area contributed by atoms with Gasteiger partial charge >= 0.3 is 5.97 Å². The van der Waals surface area contributed by atoms with E-state index in [1.54, 1.807) is 0 Å². The van der Waals surface area contributed by atoms with E-state index in [0.717, 1.165) is 0 Å². The van der Waals surface area contributed by atoms with Crippen molar-refractivity contribution in [3.8, 4) is 0 Å². The van der Waals surface area contributed by atoms with Gasteiger partial charge in [-0.2, -0.15) is 0 Å². The highest BCUT2D eigenvalue weighted by atomic mass is 16.6. The van der Waals surface area contributed by atoms with Crippen LogP contribution < -0.4 is 0 Å². The molecule has 0 rings (SSSR count). The standard InChI is InChI=1S/C29H57N3O13/c1-29(2,3)45-28(33)4-6-34-8-10-36-12-14-38-16-18-40-20-22-42-24-26-44-27-25-43-23-21-41-19-17-39-15-13-37-11-9-35-7-5-31-32-30/h4-27H2,1-3H3. The lowest BCUT2D eigenvalue weighted by atomic mass is 10.2. The Balaban J connectivity index is 3.10. The number of nitrogens with zero attached hydrogens (tertiary/aromatic N) is 3. The second kappa shape index (κ2) is 35.2. The largest absolute Gasteiger partial charge is 0.460 e. The van der Waals surface area contributed by atoms with Crippen molar-refractivity contribution in [2.75, 3.05) is 152 Å². The van der Waals surface area contributed by atoms with Crippen molar-refractivity contribution in [2.24, 2.45) is 5.11 Å². The van der Waals surface area contributed by atoms with Crippen LogP contribution in [-0.4, -0.2) is 163 Å². The molecule has 0 bridgehead atoms. The van der Waals surface area contributed by atoms with Crippen molar-refractivity contribution in [1.29, 1.82) is 0 Å². The van der Waals surface area contributed by atoms with Gasteiger partial charge < -0.3 is 56.8 Å². The van der Waals surface area contributed by atoms with Gasteiger partial charge in [0.25, 0.3) is 0 Å². The summed E-state index contributed by atoms with van der Waals surface area (Å²) < 4.78 is 64.7. The summed E-state index contributed by atoms with van der Waals surface area (Å²) in [6.45, 7) is 16.1. The van der Waals surface area contributed by atoms with E-state index in [2.05, 4.69) is 10.0 Å². The maximum atomic E-state index is 11.6. The van der Waals surface area contributed by atoms with Crippen LogP contribution in [0.25, 0.3) is 10.4 Å². The van der Waals surface area contributed by atoms with Crippen LogP contribution >= 0.6 is 0 Å². The summed E-state index contributed by atoms with van der Waals surface area (Å²) in [6.07, 6.45) is 0.229. The van der Waals surface area contributed by atoms with Gasteiger partial charge in [-0.3, -0.25) is 4.79 Å². The number of hydrogen-bond donors (Lipinski definition) is 0. The molecular weight excluding hydrogens is 598 g/mol. The van der Waals surface area contributed by atoms with Crippen molar-refractivity contribution in [3.63, 3.8) is 0 Å². The minimum absolute atomic E-state index is 0.229. The van der Waals surface area contributed by atoms with E-state index in [9.17, 15) is 4.79 Å². The SMILES string of the molecule is CC(C)(C)OC(=O)CCOCCOCCOCCOCCOCCOCCOCCOCCOCCOCCOCCN=[N+]=[N-]. The average molecular weight is 656 g/mol. The summed E-state index contributed by atoms with van der Waals surface area (Å²) in [4.78, 5) is 14.2. The van der Waals surface area contributed by atoms with E-state index >= 15 is 0 Å². The second-order valence-corrected chi connectivity index (χ2v) is 10.0. The van der Waals surface area contributed by atoms with Gasteiger partial charge in [-0.25, -0.2) is 0 Å². The van der Waals surface area contributed by atoms with E-state index in [4.69, 9.17) is 62.4 Å². The van der Waals surface area contributed by atoms with Gasteiger partial charge in [0, 0.05) is 11.5 Å². The second-order valence-electron chi connectivity index (χ2n) is 10.0. The zero-order chi connectivity index (χ0) is 32.9. The van der Waals surface area contributed by atoms with E-state index in [0.29, 0.717) is 152 Å². The summed E-state index contributed by atoms with van der Waals surface area (Å²) in [6, 6.07) is 0. The van der Waals surface area contributed by atoms with Crippen LogP contribution in [0.2, 0.25) is 0 Å². The Bertz CT molecular complexity index is 680. The van der Waals surface area contributed by atoms with Gasteiger partial charge in [0.2, 0.25) is 0 Å². The summed E-state index contributed by atoms with van der Waals surface area (Å²) in [5.41, 5.74) is 7.66. The van der Waals surface area contributed by atoms with Crippen LogP contribution in [0.5, 0.6) is 0 Å². The lowest BCUT2D eigenvalue weighted by Crippen LogP contribution is -2.24. The monoisotopic (exact) mass is 655 g/mol. The van der Waals surface area contributed by atoms with Gasteiger partial charge in [-0.05, 0) is 26.3 Å². The van der Waals surface area contributed by atoms with Gasteiger partial charge in [0.05, 0.1) is 152 Å². The first-order valence-corrected chi connectivity index (χ1v) is 15.5. The maximum Gasteiger partial charge on any atom is 0.308 e. The van der Waals surface area contributed by atoms with E-state index in [1.165, 1.54) is 0 Å². The van der Waals surface area contributed by atoms with Gasteiger partial charge in [-0.1, -0.05) is 5.11 Å². The molecular formula is C29H57N3O13. The van der Waals surface area contributed by atoms with Crippen LogP contribution in [0, 0.1) is 0 Å². The number of ether oxygens (including phenoxy) is 12. The minimum atomic E-state index is -0.476. The Morgan fingerprint density at radius 2 is 0.711 bits per heavy atom. The van der Waals surface area contributed by atoms with Crippen LogP contribution in [0.15, 0.2) is 5.11 Å². The summed E-state index contributed by atoms with van der Waals surface area (Å²) in [5.74, 6) is -0.268. The highest BCUT2D eigenvalue weighted by Gasteiger charge is 2.15. The number of esters is 1. The van der Waals surface area contributed by atoms with Gasteiger partial charge in [0.15, 0.2) is 0 Å². The molecule has 0 spiro atoms. The lowest BCUT2D eigenvalue weighted by Gasteiger charge is -2.19. The predicted molar refractivity (Wildman–Crippen MR) is 163 cm³/mol. The number of carbonyl (C=O) groups is 1. The highest BCUT2D eigenvalue weighted by molar-refractivity contribution is 5.69. The Morgan fingerprint density at radius 1 is 0.467 bits per heavy atom. The third-order valence-corrected chi connectivity index (χ3v) is 4.99. The molecule has 0 aliphatic heterocycles. The summed E-state index contributed by atoms with van der Waals surface area (Å²) in [5, 5.41) is 3.37. The zero-order valence-corrected chi connectivity index (χ0v) is 27.6. The number of carbonyl (C=O) groups excluding carboxylic acids is 1. The molecule has 0 atom stereocenters. The average Bonchev–Trinajstić information content (AvgIpc) is 3.00. The fourth-order valence-corrected chi connectivity index (χ4v) is 3.00. The first kappa shape index (κ1) is 43.3. The van der Waals surface area contributed by atoms with Crippen molar-refractivity contribution in [3.05, 3.63) is 10.4 Å². The molecule has 0 aliphatic carbocycles. The maximum absolute atomic E-state index is 11.6. The summed E-state index contributed by atoms with van der Waals surface area (Å²) in [7, 11) is 0. The van der Waals surface area contributed by atoms with Crippen LogP contribution in [0.3, 0.4) is 0 Å². The quantitative estimate of drug-likeness (QED) is 0.0316. The van der Waals surface area contributed by atoms with E-state index in [1.807, 2.05) is 20.8 Å². The van der Waals surface area contributed by atoms with Crippen LogP contribution in [0.1, 0.15) is 27.2 Å². The first-order chi connectivity index (χ1) is 22.0. The number of azide groups is 1. The smallest absolute Gasteiger partial charge is 0.308 e. The van der Waals surface area contributed by atoms with Crippen molar-refractivity contribution < 1.29 is 61.6 Å². The molecule has 0 saturated heterocycles. The molecule has 0 aromatic heterocycles. The predicted octanol–water partition coefficient (Wildman–Crippen LogP) is 2.21. The van der Waals surface area contributed by atoms with Crippen LogP contribution in [-0.2, 0) is 61.6 Å². The molecule has 16 heteroatoms. The molecule has 0 aromatic rings. The van der Waals surface area contributed by atoms with Gasteiger partial charge in [-0.15, -0.1) is 0 Å². The highest BCUT2D eigenvalue weighted by Crippen LogP contribution is 2.08. The molecule has 0 N–H and O–H groups in total. The topological polar surface area (TPSA) is 177 Å². The third-order valence-electron chi connectivity index (χ3n) is 4.99. The molecule has 0 aliphatic rings. The van der Waals surface area contributed by atoms with E-state index in [-0.39, 0.29) is 12.4 Å². The Morgan fingerprint density at radius 3 is 0.956 bits per heavy atom. The zero-order valence-electron chi connectivity index (χ0n) is 27.6.